The zero-order valence-electron chi connectivity index (χ0n) is 11.4. The minimum atomic E-state index is 0.00211. The predicted octanol–water partition coefficient (Wildman–Crippen LogP) is 1.98. The molecule has 0 fully saturated rings. The normalized spacial score (nSPS) is 13.2. The minimum Gasteiger partial charge on any atom is -0.397 e. The monoisotopic (exact) mass is 272 g/mol. The number of anilines is 3. The van der Waals surface area contributed by atoms with E-state index in [2.05, 4.69) is 15.8 Å². The molecule has 0 radical (unpaired) electrons. The number of rotatable bonds is 3. The molecule has 1 aliphatic rings. The van der Waals surface area contributed by atoms with Crippen LogP contribution >= 0.6 is 0 Å². The smallest absolute Gasteiger partial charge is 0.228 e. The maximum atomic E-state index is 11.4. The molecule has 1 aliphatic heterocycles. The van der Waals surface area contributed by atoms with Crippen LogP contribution in [0, 0.1) is 13.8 Å². The molecule has 6 nitrogen and oxygen atoms in total. The third-order valence-electron chi connectivity index (χ3n) is 3.54. The van der Waals surface area contributed by atoms with Crippen molar-refractivity contribution in [2.75, 3.05) is 16.4 Å². The topological polar surface area (TPSA) is 93.2 Å². The van der Waals surface area contributed by atoms with Gasteiger partial charge in [-0.05, 0) is 31.5 Å². The lowest BCUT2D eigenvalue weighted by Gasteiger charge is -2.11. The fourth-order valence-electron chi connectivity index (χ4n) is 2.38. The van der Waals surface area contributed by atoms with Gasteiger partial charge in [-0.25, -0.2) is 0 Å². The number of aryl methyl sites for hydroxylation is 2. The number of aromatic nitrogens is 1. The number of hydrogen-bond acceptors (Lipinski definition) is 5. The lowest BCUT2D eigenvalue weighted by Crippen LogP contribution is -2.05. The second-order valence-electron chi connectivity index (χ2n) is 4.98. The highest BCUT2D eigenvalue weighted by Crippen LogP contribution is 2.31. The van der Waals surface area contributed by atoms with Gasteiger partial charge in [0.25, 0.3) is 0 Å². The Morgan fingerprint density at radius 2 is 2.25 bits per heavy atom. The first-order chi connectivity index (χ1) is 9.54. The number of nitrogens with zero attached hydrogens (tertiary/aromatic N) is 1. The molecule has 2 aromatic rings. The summed E-state index contributed by atoms with van der Waals surface area (Å²) in [5.41, 5.74) is 11.1. The second-order valence-corrected chi connectivity index (χ2v) is 4.98. The average Bonchev–Trinajstić information content (AvgIpc) is 2.89. The maximum absolute atomic E-state index is 11.4. The fourth-order valence-corrected chi connectivity index (χ4v) is 2.38. The summed E-state index contributed by atoms with van der Waals surface area (Å²) in [7, 11) is 0. The summed E-state index contributed by atoms with van der Waals surface area (Å²) in [5, 5.41) is 10.00. The highest BCUT2D eigenvalue weighted by Gasteiger charge is 2.19. The molecule has 1 amide bonds. The summed E-state index contributed by atoms with van der Waals surface area (Å²) < 4.78 is 5.12. The Morgan fingerprint density at radius 3 is 2.95 bits per heavy atom. The van der Waals surface area contributed by atoms with Crippen molar-refractivity contribution in [3.05, 3.63) is 34.7 Å². The van der Waals surface area contributed by atoms with Gasteiger partial charge >= 0.3 is 0 Å². The van der Waals surface area contributed by atoms with Crippen LogP contribution in [0.4, 0.5) is 17.1 Å². The van der Waals surface area contributed by atoms with E-state index < -0.39 is 0 Å². The summed E-state index contributed by atoms with van der Waals surface area (Å²) in [6, 6.07) is 3.71. The van der Waals surface area contributed by atoms with Gasteiger partial charge in [0.2, 0.25) is 5.91 Å². The molecule has 0 unspecified atom stereocenters. The Hall–Kier alpha value is -2.50. The lowest BCUT2D eigenvalue weighted by molar-refractivity contribution is -0.115. The Bertz CT molecular complexity index is 671. The molecular weight excluding hydrogens is 256 g/mol. The van der Waals surface area contributed by atoms with Crippen LogP contribution in [0.2, 0.25) is 0 Å². The first-order valence-electron chi connectivity index (χ1n) is 6.42. The Labute approximate surface area is 116 Å². The number of nitrogens with one attached hydrogen (secondary N) is 2. The van der Waals surface area contributed by atoms with E-state index in [9.17, 15) is 4.79 Å². The third kappa shape index (κ3) is 2.09. The van der Waals surface area contributed by atoms with E-state index >= 15 is 0 Å². The van der Waals surface area contributed by atoms with Gasteiger partial charge < -0.3 is 20.9 Å². The van der Waals surface area contributed by atoms with Gasteiger partial charge in [-0.15, -0.1) is 0 Å². The van der Waals surface area contributed by atoms with Gasteiger partial charge in [-0.1, -0.05) is 5.16 Å². The summed E-state index contributed by atoms with van der Waals surface area (Å²) in [4.78, 5) is 11.4. The standard InChI is InChI=1S/C14H16N4O2/c1-7-10(8(2)20-18-7)6-16-13-5-12-9(3-11(13)15)4-14(19)17-12/h3,5,16H,4,6,15H2,1-2H3,(H,17,19). The molecule has 1 aromatic heterocycles. The van der Waals surface area contributed by atoms with Crippen molar-refractivity contribution in [1.82, 2.24) is 5.16 Å². The highest BCUT2D eigenvalue weighted by atomic mass is 16.5. The third-order valence-corrected chi connectivity index (χ3v) is 3.54. The van der Waals surface area contributed by atoms with Crippen molar-refractivity contribution in [3.63, 3.8) is 0 Å². The van der Waals surface area contributed by atoms with Gasteiger partial charge in [0.15, 0.2) is 0 Å². The van der Waals surface area contributed by atoms with Crippen LogP contribution < -0.4 is 16.4 Å². The molecule has 20 heavy (non-hydrogen) atoms. The largest absolute Gasteiger partial charge is 0.397 e. The van der Waals surface area contributed by atoms with Crippen LogP contribution in [-0.2, 0) is 17.8 Å². The van der Waals surface area contributed by atoms with E-state index in [1.165, 1.54) is 0 Å². The number of carbonyl (C=O) groups excluding carboxylic acids is 1. The molecule has 6 heteroatoms. The quantitative estimate of drug-likeness (QED) is 0.743. The number of fused-ring (bicyclic) bond motifs is 1. The Balaban J connectivity index is 1.82. The number of nitrogens with two attached hydrogens (primary N) is 1. The van der Waals surface area contributed by atoms with Gasteiger partial charge in [0, 0.05) is 17.8 Å². The van der Waals surface area contributed by atoms with E-state index in [0.29, 0.717) is 18.7 Å². The maximum Gasteiger partial charge on any atom is 0.228 e. The first-order valence-corrected chi connectivity index (χ1v) is 6.42. The number of carbonyl (C=O) groups is 1. The molecule has 0 bridgehead atoms. The zero-order chi connectivity index (χ0) is 14.3. The Morgan fingerprint density at radius 1 is 1.45 bits per heavy atom. The fraction of sp³-hybridized carbons (Fsp3) is 0.286. The van der Waals surface area contributed by atoms with Crippen LogP contribution in [-0.4, -0.2) is 11.1 Å². The van der Waals surface area contributed by atoms with E-state index in [4.69, 9.17) is 10.3 Å². The molecule has 2 heterocycles. The number of nitrogen functional groups attached to an aromatic ring is 1. The van der Waals surface area contributed by atoms with E-state index in [0.717, 1.165) is 34.0 Å². The van der Waals surface area contributed by atoms with E-state index in [1.54, 1.807) is 0 Å². The Kier molecular flexibility index (Phi) is 2.85. The van der Waals surface area contributed by atoms with Crippen LogP contribution in [0.3, 0.4) is 0 Å². The van der Waals surface area contributed by atoms with Crippen molar-refractivity contribution in [1.29, 1.82) is 0 Å². The van der Waals surface area contributed by atoms with Crippen LogP contribution in [0.25, 0.3) is 0 Å². The van der Waals surface area contributed by atoms with Gasteiger partial charge in [-0.3, -0.25) is 4.79 Å². The summed E-state index contributed by atoms with van der Waals surface area (Å²) >= 11 is 0. The summed E-state index contributed by atoms with van der Waals surface area (Å²) in [5.74, 6) is 0.797. The van der Waals surface area contributed by atoms with Crippen molar-refractivity contribution in [3.8, 4) is 0 Å². The summed E-state index contributed by atoms with van der Waals surface area (Å²) in [6.07, 6.45) is 0.393. The van der Waals surface area contributed by atoms with E-state index in [1.807, 2.05) is 26.0 Å². The van der Waals surface area contributed by atoms with Crippen LogP contribution in [0.5, 0.6) is 0 Å². The van der Waals surface area contributed by atoms with Crippen molar-refractivity contribution in [2.24, 2.45) is 0 Å². The number of hydrogen-bond donors (Lipinski definition) is 3. The lowest BCUT2D eigenvalue weighted by atomic mass is 10.1. The van der Waals surface area contributed by atoms with Crippen molar-refractivity contribution < 1.29 is 9.32 Å². The van der Waals surface area contributed by atoms with Crippen molar-refractivity contribution in [2.45, 2.75) is 26.8 Å². The molecule has 3 rings (SSSR count). The first kappa shape index (κ1) is 12.5. The molecule has 0 aliphatic carbocycles. The van der Waals surface area contributed by atoms with Crippen molar-refractivity contribution >= 4 is 23.0 Å². The highest BCUT2D eigenvalue weighted by molar-refractivity contribution is 6.00. The van der Waals surface area contributed by atoms with Crippen LogP contribution in [0.15, 0.2) is 16.7 Å². The molecule has 1 aromatic carbocycles. The summed E-state index contributed by atoms with van der Waals surface area (Å²) in [6.45, 7) is 4.36. The second kappa shape index (κ2) is 4.56. The average molecular weight is 272 g/mol. The van der Waals surface area contributed by atoms with Gasteiger partial charge in [-0.2, -0.15) is 0 Å². The molecule has 0 saturated carbocycles. The molecule has 104 valence electrons. The van der Waals surface area contributed by atoms with E-state index in [-0.39, 0.29) is 5.91 Å². The molecule has 0 spiro atoms. The molecule has 4 N–H and O–H groups in total. The van der Waals surface area contributed by atoms with Gasteiger partial charge in [0.1, 0.15) is 5.76 Å². The SMILES string of the molecule is Cc1noc(C)c1CNc1cc2c(cc1N)CC(=O)N2. The molecule has 0 saturated heterocycles. The van der Waals surface area contributed by atoms with Gasteiger partial charge in [0.05, 0.1) is 23.5 Å². The molecular formula is C14H16N4O2. The number of benzene rings is 1. The zero-order valence-corrected chi connectivity index (χ0v) is 11.4. The van der Waals surface area contributed by atoms with Crippen LogP contribution in [0.1, 0.15) is 22.6 Å². The minimum absolute atomic E-state index is 0.00211. The molecule has 0 atom stereocenters. The predicted molar refractivity (Wildman–Crippen MR) is 76.5 cm³/mol. The number of amides is 1.